The Morgan fingerprint density at radius 1 is 1.26 bits per heavy atom. The number of carbonyl (C=O) groups is 1. The fourth-order valence-corrected chi connectivity index (χ4v) is 5.58. The van der Waals surface area contributed by atoms with Gasteiger partial charge in [-0.05, 0) is 65.4 Å². The number of sulfonamides is 1. The van der Waals surface area contributed by atoms with Crippen LogP contribution in [-0.4, -0.2) is 97.4 Å². The number of nitrogens with zero attached hydrogens (tertiary/aromatic N) is 4. The summed E-state index contributed by atoms with van der Waals surface area (Å²) >= 11 is 0. The molecule has 0 fully saturated rings. The van der Waals surface area contributed by atoms with Crippen molar-refractivity contribution < 1.29 is 27.8 Å². The lowest BCUT2D eigenvalue weighted by atomic mass is 10.0. The maximum atomic E-state index is 14.1. The number of ether oxygens (including phenoxy) is 2. The molecule has 4 atom stereocenters. The lowest BCUT2D eigenvalue weighted by Gasteiger charge is -2.35. The molecule has 1 aromatic heterocycles. The van der Waals surface area contributed by atoms with Crippen LogP contribution in [0.15, 0.2) is 35.7 Å². The highest BCUT2D eigenvalue weighted by molar-refractivity contribution is 7.92. The van der Waals surface area contributed by atoms with Crippen molar-refractivity contribution >= 4 is 21.6 Å². The number of amides is 1. The first-order valence-electron chi connectivity index (χ1n) is 13.4. The van der Waals surface area contributed by atoms with Gasteiger partial charge in [-0.1, -0.05) is 6.92 Å². The quantitative estimate of drug-likeness (QED) is 0.525. The molecule has 2 N–H and O–H groups in total. The van der Waals surface area contributed by atoms with Gasteiger partial charge in [-0.2, -0.15) is 8.42 Å². The molecule has 0 radical (unpaired) electrons. The van der Waals surface area contributed by atoms with Crippen molar-refractivity contribution in [3.05, 3.63) is 36.3 Å². The standard InChI is InChI=1S/C27H43N5O6S/c1-19-14-32(20(2)17-33)27(34)23-13-22(29-39(35,36)26-16-31(6)18-28-26)10-11-24(23)38-21(3)9-7-8-12-37-25(19)15-30(4)5/h10-11,13,16,18-21,25,29,33H,7-9,12,14-15,17H2,1-6H3/t19-,20-,21-,25-/m1/s1. The van der Waals surface area contributed by atoms with Gasteiger partial charge >= 0.3 is 0 Å². The van der Waals surface area contributed by atoms with Gasteiger partial charge in [-0.25, -0.2) is 4.98 Å². The van der Waals surface area contributed by atoms with E-state index in [4.69, 9.17) is 9.47 Å². The second kappa shape index (κ2) is 13.6. The molecule has 0 spiro atoms. The molecule has 0 bridgehead atoms. The van der Waals surface area contributed by atoms with E-state index in [1.807, 2.05) is 27.9 Å². The molecule has 0 aliphatic carbocycles. The molecular weight excluding hydrogens is 522 g/mol. The summed E-state index contributed by atoms with van der Waals surface area (Å²) in [6.45, 7) is 7.22. The number of likely N-dealkylation sites (N-methyl/N-ethyl adjacent to an activating group) is 1. The van der Waals surface area contributed by atoms with Gasteiger partial charge in [0.05, 0.1) is 36.7 Å². The van der Waals surface area contributed by atoms with Crippen molar-refractivity contribution in [2.75, 3.05) is 45.1 Å². The minimum atomic E-state index is -3.97. The second-order valence-electron chi connectivity index (χ2n) is 10.8. The smallest absolute Gasteiger partial charge is 0.280 e. The number of aliphatic hydroxyl groups excluding tert-OH is 1. The number of fused-ring (bicyclic) bond motifs is 1. The fraction of sp³-hybridized carbons (Fsp3) is 0.630. The van der Waals surface area contributed by atoms with Crippen molar-refractivity contribution in [2.24, 2.45) is 13.0 Å². The summed E-state index contributed by atoms with van der Waals surface area (Å²) in [4.78, 5) is 21.7. The highest BCUT2D eigenvalue weighted by Crippen LogP contribution is 2.29. The van der Waals surface area contributed by atoms with E-state index >= 15 is 0 Å². The summed E-state index contributed by atoms with van der Waals surface area (Å²) in [5.74, 6) is -0.0122. The highest BCUT2D eigenvalue weighted by atomic mass is 32.2. The van der Waals surface area contributed by atoms with Crippen LogP contribution in [0.3, 0.4) is 0 Å². The average Bonchev–Trinajstić information content (AvgIpc) is 3.32. The average molecular weight is 566 g/mol. The number of aliphatic hydroxyl groups is 1. The van der Waals surface area contributed by atoms with Gasteiger partial charge in [0.1, 0.15) is 5.75 Å². The summed E-state index contributed by atoms with van der Waals surface area (Å²) in [6, 6.07) is 4.21. The minimum Gasteiger partial charge on any atom is -0.490 e. The number of rotatable bonds is 7. The van der Waals surface area contributed by atoms with Crippen LogP contribution < -0.4 is 9.46 Å². The third-order valence-corrected chi connectivity index (χ3v) is 8.07. The van der Waals surface area contributed by atoms with Crippen LogP contribution in [0.25, 0.3) is 0 Å². The molecule has 0 unspecified atom stereocenters. The third kappa shape index (κ3) is 8.41. The molecule has 39 heavy (non-hydrogen) atoms. The maximum absolute atomic E-state index is 14.1. The van der Waals surface area contributed by atoms with E-state index < -0.39 is 16.1 Å². The van der Waals surface area contributed by atoms with Crippen LogP contribution in [0.5, 0.6) is 5.75 Å². The zero-order valence-corrected chi connectivity index (χ0v) is 24.6. The number of aryl methyl sites for hydroxylation is 1. The molecule has 218 valence electrons. The number of nitrogens with one attached hydrogen (secondary N) is 1. The van der Waals surface area contributed by atoms with E-state index in [1.54, 1.807) is 35.6 Å². The topological polar surface area (TPSA) is 126 Å². The van der Waals surface area contributed by atoms with Crippen molar-refractivity contribution in [3.63, 3.8) is 0 Å². The largest absolute Gasteiger partial charge is 0.490 e. The van der Waals surface area contributed by atoms with Crippen molar-refractivity contribution in [1.82, 2.24) is 19.4 Å². The van der Waals surface area contributed by atoms with Gasteiger partial charge in [-0.3, -0.25) is 9.52 Å². The predicted octanol–water partition coefficient (Wildman–Crippen LogP) is 2.58. The van der Waals surface area contributed by atoms with Crippen LogP contribution in [0.1, 0.15) is 50.4 Å². The maximum Gasteiger partial charge on any atom is 0.280 e. The monoisotopic (exact) mass is 565 g/mol. The molecular formula is C27H43N5O6S. The number of hydrogen-bond acceptors (Lipinski definition) is 8. The van der Waals surface area contributed by atoms with Crippen LogP contribution in [0.4, 0.5) is 5.69 Å². The van der Waals surface area contributed by atoms with Gasteiger partial charge in [-0.15, -0.1) is 0 Å². The molecule has 3 rings (SSSR count). The Morgan fingerprint density at radius 2 is 2.00 bits per heavy atom. The Labute approximate surface area is 232 Å². The zero-order chi connectivity index (χ0) is 28.7. The summed E-state index contributed by atoms with van der Waals surface area (Å²) in [5, 5.41) is 9.91. The molecule has 12 heteroatoms. The second-order valence-corrected chi connectivity index (χ2v) is 12.4. The molecule has 1 aliphatic rings. The van der Waals surface area contributed by atoms with E-state index in [2.05, 4.69) is 14.6 Å². The van der Waals surface area contributed by atoms with Crippen molar-refractivity contribution in [1.29, 1.82) is 0 Å². The first-order valence-corrected chi connectivity index (χ1v) is 14.9. The third-order valence-electron chi connectivity index (χ3n) is 6.81. The van der Waals surface area contributed by atoms with Crippen LogP contribution in [0.2, 0.25) is 0 Å². The SMILES string of the molecule is C[C@@H]1CCCCO[C@H](CN(C)C)[C@H](C)CN([C@H](C)CO)C(=O)c2cc(NS(=O)(=O)c3cn(C)cn3)ccc2O1. The number of hydrogen-bond donors (Lipinski definition) is 2. The fourth-order valence-electron chi connectivity index (χ4n) is 4.54. The Kier molecular flexibility index (Phi) is 10.8. The molecule has 2 aromatic rings. The molecule has 0 saturated heterocycles. The van der Waals surface area contributed by atoms with E-state index in [1.165, 1.54) is 18.6 Å². The Bertz CT molecular complexity index is 1200. The first-order chi connectivity index (χ1) is 18.4. The van der Waals surface area contributed by atoms with Gasteiger partial charge < -0.3 is 28.9 Å². The Hall–Kier alpha value is -2.67. The normalized spacial score (nSPS) is 22.6. The van der Waals surface area contributed by atoms with E-state index in [9.17, 15) is 18.3 Å². The zero-order valence-electron chi connectivity index (χ0n) is 23.8. The van der Waals surface area contributed by atoms with E-state index in [-0.39, 0.29) is 46.9 Å². The molecule has 1 aliphatic heterocycles. The minimum absolute atomic E-state index is 0.0255. The molecule has 11 nitrogen and oxygen atoms in total. The molecule has 1 amide bonds. The van der Waals surface area contributed by atoms with Crippen LogP contribution in [-0.2, 0) is 21.8 Å². The number of anilines is 1. The van der Waals surface area contributed by atoms with E-state index in [0.29, 0.717) is 25.4 Å². The van der Waals surface area contributed by atoms with Crippen molar-refractivity contribution in [3.8, 4) is 5.75 Å². The number of aromatic nitrogens is 2. The summed E-state index contributed by atoms with van der Waals surface area (Å²) in [5.41, 5.74) is 0.432. The Morgan fingerprint density at radius 3 is 2.64 bits per heavy atom. The molecule has 1 aromatic carbocycles. The van der Waals surface area contributed by atoms with Crippen LogP contribution >= 0.6 is 0 Å². The van der Waals surface area contributed by atoms with Gasteiger partial charge in [0, 0.05) is 44.5 Å². The van der Waals surface area contributed by atoms with Gasteiger partial charge in [0.2, 0.25) is 0 Å². The summed E-state index contributed by atoms with van der Waals surface area (Å²) < 4.78 is 42.4. The van der Waals surface area contributed by atoms with Gasteiger partial charge in [0.15, 0.2) is 5.03 Å². The predicted molar refractivity (Wildman–Crippen MR) is 149 cm³/mol. The number of benzene rings is 1. The molecule has 2 heterocycles. The number of carbonyl (C=O) groups excluding carboxylic acids is 1. The lowest BCUT2D eigenvalue weighted by Crippen LogP contribution is -2.47. The summed E-state index contributed by atoms with van der Waals surface area (Å²) in [6.07, 6.45) is 5.10. The highest BCUT2D eigenvalue weighted by Gasteiger charge is 2.30. The number of imidazole rings is 1. The van der Waals surface area contributed by atoms with Crippen molar-refractivity contribution in [2.45, 2.75) is 63.3 Å². The van der Waals surface area contributed by atoms with E-state index in [0.717, 1.165) is 19.3 Å². The first kappa shape index (κ1) is 30.9. The molecule has 0 saturated carbocycles. The summed E-state index contributed by atoms with van der Waals surface area (Å²) in [7, 11) is 1.69. The Balaban J connectivity index is 2.02. The lowest BCUT2D eigenvalue weighted by molar-refractivity contribution is -0.0137. The van der Waals surface area contributed by atoms with Gasteiger partial charge in [0.25, 0.3) is 15.9 Å². The van der Waals surface area contributed by atoms with Crippen LogP contribution in [0, 0.1) is 5.92 Å².